The third-order valence-electron chi connectivity index (χ3n) is 3.22. The van der Waals surface area contributed by atoms with E-state index in [-0.39, 0.29) is 5.41 Å². The van der Waals surface area contributed by atoms with Crippen LogP contribution in [-0.4, -0.2) is 0 Å². The molecule has 0 saturated heterocycles. The van der Waals surface area contributed by atoms with Crippen molar-refractivity contribution < 1.29 is 0 Å². The van der Waals surface area contributed by atoms with Crippen molar-refractivity contribution in [3.63, 3.8) is 0 Å². The van der Waals surface area contributed by atoms with Crippen LogP contribution < -0.4 is 0 Å². The highest BCUT2D eigenvalue weighted by atomic mass is 14.4. The fourth-order valence-corrected chi connectivity index (χ4v) is 2.49. The van der Waals surface area contributed by atoms with Gasteiger partial charge in [-0.1, -0.05) is 79.0 Å². The Morgan fingerprint density at radius 1 is 0.952 bits per heavy atom. The van der Waals surface area contributed by atoms with Crippen LogP contribution in [0.25, 0.3) is 0 Å². The van der Waals surface area contributed by atoms with E-state index in [1.165, 1.54) is 22.3 Å². The first kappa shape index (κ1) is 24.5. The Labute approximate surface area is 134 Å². The molecule has 21 heavy (non-hydrogen) atoms. The minimum absolute atomic E-state index is 0.0574. The molecule has 0 aromatic carbocycles. The molecule has 1 aliphatic rings. The van der Waals surface area contributed by atoms with Crippen molar-refractivity contribution >= 4 is 0 Å². The second-order valence-corrected chi connectivity index (χ2v) is 4.39. The van der Waals surface area contributed by atoms with E-state index in [0.717, 1.165) is 0 Å². The van der Waals surface area contributed by atoms with Gasteiger partial charge in [0.2, 0.25) is 0 Å². The van der Waals surface area contributed by atoms with Crippen molar-refractivity contribution in [2.45, 2.75) is 55.4 Å². The number of rotatable bonds is 2. The minimum atomic E-state index is 0.0574. The Hall–Kier alpha value is -1.56. The molecule has 0 nitrogen and oxygen atoms in total. The third kappa shape index (κ3) is 5.75. The van der Waals surface area contributed by atoms with E-state index < -0.39 is 0 Å². The molecule has 0 unspecified atom stereocenters. The monoisotopic (exact) mass is 288 g/mol. The van der Waals surface area contributed by atoms with Crippen molar-refractivity contribution in [1.29, 1.82) is 0 Å². The van der Waals surface area contributed by atoms with Gasteiger partial charge in [0, 0.05) is 5.41 Å². The number of allylic oxidation sites excluding steroid dienone is 8. The zero-order valence-electron chi connectivity index (χ0n) is 15.6. The lowest BCUT2D eigenvalue weighted by Crippen LogP contribution is -2.12. The van der Waals surface area contributed by atoms with Gasteiger partial charge in [0.05, 0.1) is 0 Å². The van der Waals surface area contributed by atoms with Crippen LogP contribution in [0.15, 0.2) is 72.9 Å². The van der Waals surface area contributed by atoms with E-state index in [0.29, 0.717) is 0 Å². The fraction of sp³-hybridized carbons (Fsp3) is 0.429. The van der Waals surface area contributed by atoms with Crippen LogP contribution in [0.5, 0.6) is 0 Å². The Balaban J connectivity index is -0.000000478. The fourth-order valence-electron chi connectivity index (χ4n) is 2.49. The van der Waals surface area contributed by atoms with Gasteiger partial charge in [-0.05, 0) is 36.1 Å². The van der Waals surface area contributed by atoms with Gasteiger partial charge in [0.15, 0.2) is 0 Å². The van der Waals surface area contributed by atoms with Crippen LogP contribution in [0.3, 0.4) is 0 Å². The molecule has 0 aromatic heterocycles. The lowest BCUT2D eigenvalue weighted by Gasteiger charge is -2.23. The van der Waals surface area contributed by atoms with Crippen molar-refractivity contribution in [1.82, 2.24) is 0 Å². The standard InChI is InChI=1S/C15H20.2C2H6.C2H4/c1-7-10-14-12(8-2)11(4)13(9-3)15(14,5)6;3*1-2/h7-10H,1,3H2,2,4-6H3;2*1-2H3;1-2H2/b12-8-,14-10+;;;. The molecule has 0 N–H and O–H groups in total. The SMILES string of the molecule is C=C.C=C/C=C1\C(=C/C)C(C)=C(C=C)C1(C)C.CC.CC. The third-order valence-corrected chi connectivity index (χ3v) is 3.22. The summed E-state index contributed by atoms with van der Waals surface area (Å²) in [6, 6.07) is 0. The highest BCUT2D eigenvalue weighted by molar-refractivity contribution is 5.63. The maximum atomic E-state index is 3.91. The zero-order chi connectivity index (χ0) is 17.6. The average Bonchev–Trinajstić information content (AvgIpc) is 2.71. The second kappa shape index (κ2) is 13.4. The van der Waals surface area contributed by atoms with Crippen LogP contribution in [0.4, 0.5) is 0 Å². The summed E-state index contributed by atoms with van der Waals surface area (Å²) in [5, 5.41) is 0. The van der Waals surface area contributed by atoms with Crippen molar-refractivity contribution in [2.75, 3.05) is 0 Å². The zero-order valence-corrected chi connectivity index (χ0v) is 15.6. The Morgan fingerprint density at radius 3 is 1.67 bits per heavy atom. The second-order valence-electron chi connectivity index (χ2n) is 4.39. The number of hydrogen-bond donors (Lipinski definition) is 0. The largest absolute Gasteiger partial charge is 0.106 e. The first-order valence-electron chi connectivity index (χ1n) is 7.84. The van der Waals surface area contributed by atoms with E-state index >= 15 is 0 Å². The summed E-state index contributed by atoms with van der Waals surface area (Å²) in [7, 11) is 0. The summed E-state index contributed by atoms with van der Waals surface area (Å²) in [6.45, 7) is 30.4. The summed E-state index contributed by atoms with van der Waals surface area (Å²) >= 11 is 0. The van der Waals surface area contributed by atoms with Gasteiger partial charge in [-0.2, -0.15) is 0 Å². The van der Waals surface area contributed by atoms with E-state index in [1.54, 1.807) is 0 Å². The average molecular weight is 289 g/mol. The Bertz CT molecular complexity index is 398. The van der Waals surface area contributed by atoms with Gasteiger partial charge in [-0.25, -0.2) is 0 Å². The molecule has 0 aliphatic heterocycles. The lowest BCUT2D eigenvalue weighted by molar-refractivity contribution is 0.578. The summed E-state index contributed by atoms with van der Waals surface area (Å²) in [4.78, 5) is 0. The molecular weight excluding hydrogens is 252 g/mol. The van der Waals surface area contributed by atoms with E-state index in [4.69, 9.17) is 0 Å². The molecule has 0 spiro atoms. The molecule has 0 atom stereocenters. The highest BCUT2D eigenvalue weighted by Crippen LogP contribution is 2.50. The van der Waals surface area contributed by atoms with Crippen LogP contribution in [0.1, 0.15) is 55.4 Å². The molecule has 0 bridgehead atoms. The molecule has 0 heteroatoms. The number of hydrogen-bond acceptors (Lipinski definition) is 0. The van der Waals surface area contributed by atoms with Gasteiger partial charge in [0.1, 0.15) is 0 Å². The van der Waals surface area contributed by atoms with Crippen LogP contribution in [0.2, 0.25) is 0 Å². The minimum Gasteiger partial charge on any atom is -0.106 e. The van der Waals surface area contributed by atoms with Gasteiger partial charge >= 0.3 is 0 Å². The molecule has 0 amide bonds. The molecule has 120 valence electrons. The molecule has 1 rings (SSSR count). The maximum Gasteiger partial charge on any atom is 0.0155 e. The summed E-state index contributed by atoms with van der Waals surface area (Å²) in [6.07, 6.45) is 8.11. The van der Waals surface area contributed by atoms with Crippen molar-refractivity contribution in [3.8, 4) is 0 Å². The summed E-state index contributed by atoms with van der Waals surface area (Å²) in [5.74, 6) is 0. The smallest absolute Gasteiger partial charge is 0.0155 e. The maximum absolute atomic E-state index is 3.91. The molecular formula is C21H36. The van der Waals surface area contributed by atoms with Crippen LogP contribution >= 0.6 is 0 Å². The Kier molecular flexibility index (Phi) is 15.6. The van der Waals surface area contributed by atoms with Gasteiger partial charge in [-0.15, -0.1) is 13.2 Å². The first-order valence-corrected chi connectivity index (χ1v) is 7.84. The first-order chi connectivity index (χ1) is 10.0. The lowest BCUT2D eigenvalue weighted by atomic mass is 9.80. The molecule has 0 radical (unpaired) electrons. The molecule has 0 saturated carbocycles. The van der Waals surface area contributed by atoms with Gasteiger partial charge < -0.3 is 0 Å². The van der Waals surface area contributed by atoms with E-state index in [2.05, 4.69) is 66.2 Å². The molecule has 0 aromatic rings. The molecule has 0 fully saturated rings. The van der Waals surface area contributed by atoms with Crippen molar-refractivity contribution in [2.24, 2.45) is 5.41 Å². The summed E-state index contributed by atoms with van der Waals surface area (Å²) < 4.78 is 0. The van der Waals surface area contributed by atoms with Crippen molar-refractivity contribution in [3.05, 3.63) is 72.9 Å². The topological polar surface area (TPSA) is 0 Å². The predicted molar refractivity (Wildman–Crippen MR) is 103 cm³/mol. The highest BCUT2D eigenvalue weighted by Gasteiger charge is 2.36. The summed E-state index contributed by atoms with van der Waals surface area (Å²) in [5.41, 5.74) is 5.39. The predicted octanol–water partition coefficient (Wildman–Crippen LogP) is 7.44. The van der Waals surface area contributed by atoms with Crippen LogP contribution in [0, 0.1) is 5.41 Å². The van der Waals surface area contributed by atoms with E-state index in [9.17, 15) is 0 Å². The Morgan fingerprint density at radius 2 is 1.38 bits per heavy atom. The molecule has 1 aliphatic carbocycles. The van der Waals surface area contributed by atoms with Crippen LogP contribution in [-0.2, 0) is 0 Å². The quantitative estimate of drug-likeness (QED) is 0.463. The van der Waals surface area contributed by atoms with Gasteiger partial charge in [-0.3, -0.25) is 0 Å². The molecule has 0 heterocycles. The van der Waals surface area contributed by atoms with E-state index in [1.807, 2.05) is 39.8 Å². The van der Waals surface area contributed by atoms with Gasteiger partial charge in [0.25, 0.3) is 0 Å². The normalized spacial score (nSPS) is 18.7.